The molecule has 0 aliphatic carbocycles. The number of rotatable bonds is 6. The number of benzene rings is 1. The minimum Gasteiger partial charge on any atom is -0.389 e. The molecular formula is C12H19NO3. The lowest BCUT2D eigenvalue weighted by atomic mass is 10.0. The predicted molar refractivity (Wildman–Crippen MR) is 62.0 cm³/mol. The van der Waals surface area contributed by atoms with Crippen LogP contribution in [0.4, 0.5) is 0 Å². The van der Waals surface area contributed by atoms with Crippen molar-refractivity contribution in [2.45, 2.75) is 18.8 Å². The van der Waals surface area contributed by atoms with Crippen molar-refractivity contribution >= 4 is 0 Å². The Morgan fingerprint density at radius 2 is 1.88 bits per heavy atom. The molecule has 0 heterocycles. The van der Waals surface area contributed by atoms with E-state index in [4.69, 9.17) is 4.74 Å². The molecule has 0 bridgehead atoms. The maximum atomic E-state index is 9.82. The first kappa shape index (κ1) is 13.1. The van der Waals surface area contributed by atoms with Crippen molar-refractivity contribution in [2.75, 3.05) is 20.7 Å². The number of nitrogens with one attached hydrogen (secondary N) is 1. The lowest BCUT2D eigenvalue weighted by Crippen LogP contribution is -2.29. The van der Waals surface area contributed by atoms with E-state index in [9.17, 15) is 10.2 Å². The third-order valence-electron chi connectivity index (χ3n) is 2.41. The largest absolute Gasteiger partial charge is 0.389 e. The van der Waals surface area contributed by atoms with Crippen molar-refractivity contribution in [1.82, 2.24) is 5.32 Å². The van der Waals surface area contributed by atoms with Gasteiger partial charge in [0.05, 0.1) is 12.7 Å². The van der Waals surface area contributed by atoms with Gasteiger partial charge in [-0.1, -0.05) is 24.3 Å². The van der Waals surface area contributed by atoms with Gasteiger partial charge in [0.1, 0.15) is 6.10 Å². The Hall–Kier alpha value is -0.940. The molecule has 4 heteroatoms. The topological polar surface area (TPSA) is 61.7 Å². The SMILES string of the molecule is CNCC(O)C(O)c1ccc(COC)cc1. The molecule has 16 heavy (non-hydrogen) atoms. The molecule has 0 aromatic heterocycles. The van der Waals surface area contributed by atoms with E-state index in [0.29, 0.717) is 18.7 Å². The lowest BCUT2D eigenvalue weighted by molar-refractivity contribution is 0.0202. The van der Waals surface area contributed by atoms with E-state index in [1.54, 1.807) is 26.3 Å². The summed E-state index contributed by atoms with van der Waals surface area (Å²) in [4.78, 5) is 0. The fourth-order valence-corrected chi connectivity index (χ4v) is 1.52. The van der Waals surface area contributed by atoms with Gasteiger partial charge in [-0.15, -0.1) is 0 Å². The second-order valence-electron chi connectivity index (χ2n) is 3.74. The summed E-state index contributed by atoms with van der Waals surface area (Å²) in [7, 11) is 3.37. The quantitative estimate of drug-likeness (QED) is 0.657. The third kappa shape index (κ3) is 3.57. The number of methoxy groups -OCH3 is 1. The van der Waals surface area contributed by atoms with Crippen LogP contribution in [0.5, 0.6) is 0 Å². The number of aliphatic hydroxyl groups excluding tert-OH is 2. The summed E-state index contributed by atoms with van der Waals surface area (Å²) < 4.78 is 4.99. The van der Waals surface area contributed by atoms with Crippen molar-refractivity contribution in [3.63, 3.8) is 0 Å². The van der Waals surface area contributed by atoms with Gasteiger partial charge in [-0.3, -0.25) is 0 Å². The summed E-state index contributed by atoms with van der Waals surface area (Å²) in [5, 5.41) is 22.2. The van der Waals surface area contributed by atoms with Crippen molar-refractivity contribution in [3.8, 4) is 0 Å². The van der Waals surface area contributed by atoms with Gasteiger partial charge in [0.2, 0.25) is 0 Å². The van der Waals surface area contributed by atoms with Crippen LogP contribution in [0.2, 0.25) is 0 Å². The van der Waals surface area contributed by atoms with Gasteiger partial charge in [-0.25, -0.2) is 0 Å². The highest BCUT2D eigenvalue weighted by Crippen LogP contribution is 2.17. The molecule has 90 valence electrons. The van der Waals surface area contributed by atoms with Crippen LogP contribution in [0, 0.1) is 0 Å². The Balaban J connectivity index is 2.65. The van der Waals surface area contributed by atoms with Crippen LogP contribution in [0.15, 0.2) is 24.3 Å². The molecule has 0 spiro atoms. The summed E-state index contributed by atoms with van der Waals surface area (Å²) >= 11 is 0. The van der Waals surface area contributed by atoms with Crippen LogP contribution >= 0.6 is 0 Å². The van der Waals surface area contributed by atoms with Crippen LogP contribution < -0.4 is 5.32 Å². The number of hydrogen-bond acceptors (Lipinski definition) is 4. The van der Waals surface area contributed by atoms with E-state index in [-0.39, 0.29) is 0 Å². The van der Waals surface area contributed by atoms with E-state index in [1.807, 2.05) is 12.1 Å². The van der Waals surface area contributed by atoms with Crippen molar-refractivity contribution in [1.29, 1.82) is 0 Å². The Morgan fingerprint density at radius 3 is 2.38 bits per heavy atom. The zero-order valence-corrected chi connectivity index (χ0v) is 9.68. The zero-order chi connectivity index (χ0) is 12.0. The molecule has 2 unspecified atom stereocenters. The highest BCUT2D eigenvalue weighted by atomic mass is 16.5. The van der Waals surface area contributed by atoms with Crippen LogP contribution in [-0.2, 0) is 11.3 Å². The first-order chi connectivity index (χ1) is 7.69. The Labute approximate surface area is 95.9 Å². The molecule has 1 rings (SSSR count). The molecule has 2 atom stereocenters. The van der Waals surface area contributed by atoms with E-state index >= 15 is 0 Å². The minimum atomic E-state index is -0.857. The molecule has 0 saturated carbocycles. The molecule has 0 aliphatic heterocycles. The van der Waals surface area contributed by atoms with E-state index in [2.05, 4.69) is 5.32 Å². The molecular weight excluding hydrogens is 206 g/mol. The van der Waals surface area contributed by atoms with Crippen LogP contribution in [0.1, 0.15) is 17.2 Å². The Bertz CT molecular complexity index is 300. The zero-order valence-electron chi connectivity index (χ0n) is 9.68. The number of likely N-dealkylation sites (N-methyl/N-ethyl adjacent to an activating group) is 1. The third-order valence-corrected chi connectivity index (χ3v) is 2.41. The summed E-state index contributed by atoms with van der Waals surface area (Å²) in [6, 6.07) is 7.37. The average Bonchev–Trinajstić information content (AvgIpc) is 2.30. The second kappa shape index (κ2) is 6.60. The fourth-order valence-electron chi connectivity index (χ4n) is 1.52. The lowest BCUT2D eigenvalue weighted by Gasteiger charge is -2.17. The molecule has 4 nitrogen and oxygen atoms in total. The van der Waals surface area contributed by atoms with Gasteiger partial charge in [0.15, 0.2) is 0 Å². The highest BCUT2D eigenvalue weighted by molar-refractivity contribution is 5.24. The van der Waals surface area contributed by atoms with Crippen molar-refractivity contribution < 1.29 is 14.9 Å². The maximum Gasteiger partial charge on any atom is 0.106 e. The first-order valence-corrected chi connectivity index (χ1v) is 5.27. The Morgan fingerprint density at radius 1 is 1.25 bits per heavy atom. The Kier molecular flexibility index (Phi) is 5.42. The maximum absolute atomic E-state index is 9.82. The average molecular weight is 225 g/mol. The van der Waals surface area contributed by atoms with Crippen LogP contribution in [-0.4, -0.2) is 37.0 Å². The number of hydrogen-bond donors (Lipinski definition) is 3. The van der Waals surface area contributed by atoms with Crippen LogP contribution in [0.25, 0.3) is 0 Å². The summed E-state index contributed by atoms with van der Waals surface area (Å²) in [5.41, 5.74) is 1.75. The number of aliphatic hydroxyl groups is 2. The van der Waals surface area contributed by atoms with Gasteiger partial charge in [0, 0.05) is 13.7 Å². The predicted octanol–water partition coefficient (Wildman–Crippen LogP) is 0.447. The van der Waals surface area contributed by atoms with Gasteiger partial charge >= 0.3 is 0 Å². The summed E-state index contributed by atoms with van der Waals surface area (Å²) in [6.07, 6.45) is -1.65. The summed E-state index contributed by atoms with van der Waals surface area (Å²) in [6.45, 7) is 0.913. The fraction of sp³-hybridized carbons (Fsp3) is 0.500. The molecule has 0 aliphatic rings. The van der Waals surface area contributed by atoms with Gasteiger partial charge in [0.25, 0.3) is 0 Å². The van der Waals surface area contributed by atoms with Crippen molar-refractivity contribution in [3.05, 3.63) is 35.4 Å². The molecule has 0 fully saturated rings. The van der Waals surface area contributed by atoms with E-state index in [0.717, 1.165) is 5.56 Å². The van der Waals surface area contributed by atoms with Gasteiger partial charge in [-0.2, -0.15) is 0 Å². The molecule has 1 aromatic carbocycles. The molecule has 0 radical (unpaired) electrons. The van der Waals surface area contributed by atoms with Crippen molar-refractivity contribution in [2.24, 2.45) is 0 Å². The molecule has 0 amide bonds. The smallest absolute Gasteiger partial charge is 0.106 e. The monoisotopic (exact) mass is 225 g/mol. The van der Waals surface area contributed by atoms with Gasteiger partial charge < -0.3 is 20.3 Å². The second-order valence-corrected chi connectivity index (χ2v) is 3.74. The highest BCUT2D eigenvalue weighted by Gasteiger charge is 2.16. The molecule has 1 aromatic rings. The van der Waals surface area contributed by atoms with E-state index in [1.165, 1.54) is 0 Å². The molecule has 3 N–H and O–H groups in total. The summed E-state index contributed by atoms with van der Waals surface area (Å²) in [5.74, 6) is 0. The standard InChI is InChI=1S/C12H19NO3/c1-13-7-11(14)12(15)10-5-3-9(4-6-10)8-16-2/h3-6,11-15H,7-8H2,1-2H3. The van der Waals surface area contributed by atoms with Crippen LogP contribution in [0.3, 0.4) is 0 Å². The first-order valence-electron chi connectivity index (χ1n) is 5.27. The van der Waals surface area contributed by atoms with E-state index < -0.39 is 12.2 Å². The molecule has 0 saturated heterocycles. The normalized spacial score (nSPS) is 14.8. The minimum absolute atomic E-state index is 0.362. The van der Waals surface area contributed by atoms with Gasteiger partial charge in [-0.05, 0) is 18.2 Å². The number of ether oxygens (including phenoxy) is 1.